The van der Waals surface area contributed by atoms with Crippen molar-refractivity contribution in [1.29, 1.82) is 0 Å². The van der Waals surface area contributed by atoms with E-state index in [1.54, 1.807) is 0 Å². The third-order valence-corrected chi connectivity index (χ3v) is 8.99. The van der Waals surface area contributed by atoms with E-state index in [9.17, 15) is 0 Å². The van der Waals surface area contributed by atoms with E-state index in [1.807, 2.05) is 0 Å². The lowest BCUT2D eigenvalue weighted by molar-refractivity contribution is 0.259. The second-order valence-corrected chi connectivity index (χ2v) is 12.9. The highest BCUT2D eigenvalue weighted by molar-refractivity contribution is 6.26. The van der Waals surface area contributed by atoms with Gasteiger partial charge in [0.15, 0.2) is 23.0 Å². The molecule has 4 rings (SSSR count). The monoisotopic (exact) mass is 628 g/mol. The zero-order chi connectivity index (χ0) is 32.4. The van der Waals surface area contributed by atoms with Crippen molar-refractivity contribution >= 4 is 32.3 Å². The van der Waals surface area contributed by atoms with Crippen molar-refractivity contribution in [2.45, 2.75) is 130 Å². The van der Waals surface area contributed by atoms with Crippen LogP contribution in [0.2, 0.25) is 0 Å². The van der Waals surface area contributed by atoms with Gasteiger partial charge in [-0.15, -0.1) is 0 Å². The highest BCUT2D eigenvalue weighted by Gasteiger charge is 2.18. The molecule has 0 N–H and O–H groups in total. The van der Waals surface area contributed by atoms with E-state index in [1.165, 1.54) is 109 Å². The zero-order valence-electron chi connectivity index (χ0n) is 29.4. The van der Waals surface area contributed by atoms with E-state index in [-0.39, 0.29) is 0 Å². The van der Waals surface area contributed by atoms with Crippen molar-refractivity contribution in [1.82, 2.24) is 0 Å². The average Bonchev–Trinajstić information content (AvgIpc) is 3.08. The van der Waals surface area contributed by atoms with Gasteiger partial charge in [0, 0.05) is 0 Å². The number of ether oxygens (including phenoxy) is 4. The van der Waals surface area contributed by atoms with E-state index in [4.69, 9.17) is 18.9 Å². The lowest BCUT2D eigenvalue weighted by Crippen LogP contribution is -2.04. The third kappa shape index (κ3) is 10.2. The Morgan fingerprint density at radius 3 is 0.848 bits per heavy atom. The van der Waals surface area contributed by atoms with Crippen molar-refractivity contribution in [2.24, 2.45) is 0 Å². The molecule has 4 heteroatoms. The Balaban J connectivity index is 1.79. The van der Waals surface area contributed by atoms with Gasteiger partial charge in [0.05, 0.1) is 26.4 Å². The summed E-state index contributed by atoms with van der Waals surface area (Å²) in [7, 11) is 0. The Bertz CT molecular complexity index is 1350. The maximum absolute atomic E-state index is 6.49. The molecule has 0 spiro atoms. The van der Waals surface area contributed by atoms with Crippen LogP contribution in [0.1, 0.15) is 130 Å². The van der Waals surface area contributed by atoms with Crippen molar-refractivity contribution in [3.63, 3.8) is 0 Å². The summed E-state index contributed by atoms with van der Waals surface area (Å²) >= 11 is 0. The smallest absolute Gasteiger partial charge is 0.161 e. The highest BCUT2D eigenvalue weighted by Crippen LogP contribution is 2.44. The summed E-state index contributed by atoms with van der Waals surface area (Å²) in [5.41, 5.74) is 0. The molecule has 4 aromatic rings. The van der Waals surface area contributed by atoms with Crippen LogP contribution in [0.25, 0.3) is 32.3 Å². The Morgan fingerprint density at radius 1 is 0.326 bits per heavy atom. The van der Waals surface area contributed by atoms with Gasteiger partial charge in [-0.05, 0) is 82.3 Å². The molecule has 0 heterocycles. The van der Waals surface area contributed by atoms with E-state index >= 15 is 0 Å². The first-order valence-corrected chi connectivity index (χ1v) is 18.7. The molecule has 0 aromatic heterocycles. The fourth-order valence-corrected chi connectivity index (χ4v) is 6.26. The number of hydrogen-bond donors (Lipinski definition) is 0. The van der Waals surface area contributed by atoms with E-state index < -0.39 is 0 Å². The molecule has 0 aliphatic rings. The van der Waals surface area contributed by atoms with Crippen molar-refractivity contribution in [3.8, 4) is 23.0 Å². The first kappa shape index (κ1) is 35.7. The van der Waals surface area contributed by atoms with Crippen LogP contribution in [-0.4, -0.2) is 26.4 Å². The van der Waals surface area contributed by atoms with Gasteiger partial charge < -0.3 is 18.9 Å². The molecule has 0 saturated heterocycles. The minimum Gasteiger partial charge on any atom is -0.490 e. The summed E-state index contributed by atoms with van der Waals surface area (Å²) in [6, 6.07) is 17.6. The van der Waals surface area contributed by atoms with Crippen LogP contribution in [0.15, 0.2) is 48.5 Å². The lowest BCUT2D eigenvalue weighted by Gasteiger charge is -2.19. The molecule has 46 heavy (non-hydrogen) atoms. The largest absolute Gasteiger partial charge is 0.490 e. The van der Waals surface area contributed by atoms with Crippen LogP contribution in [0, 0.1) is 0 Å². The van der Waals surface area contributed by atoms with Gasteiger partial charge in [-0.25, -0.2) is 0 Å². The average molecular weight is 629 g/mol. The van der Waals surface area contributed by atoms with Crippen molar-refractivity contribution in [3.05, 3.63) is 48.5 Å². The number of unbranched alkanes of at least 4 members (excludes halogenated alkanes) is 12. The Morgan fingerprint density at radius 2 is 0.587 bits per heavy atom. The molecule has 0 saturated carbocycles. The second-order valence-electron chi connectivity index (χ2n) is 12.9. The van der Waals surface area contributed by atoms with Crippen LogP contribution in [0.4, 0.5) is 0 Å². The fraction of sp³-hybridized carbons (Fsp3) is 0.571. The topological polar surface area (TPSA) is 36.9 Å². The van der Waals surface area contributed by atoms with Gasteiger partial charge in [0.1, 0.15) is 0 Å². The number of fused-ring (bicyclic) bond motifs is 6. The summed E-state index contributed by atoms with van der Waals surface area (Å²) in [5.74, 6) is 3.38. The molecule has 0 bridgehead atoms. The van der Waals surface area contributed by atoms with Crippen molar-refractivity contribution in [2.75, 3.05) is 26.4 Å². The van der Waals surface area contributed by atoms with Gasteiger partial charge in [-0.3, -0.25) is 0 Å². The van der Waals surface area contributed by atoms with Gasteiger partial charge in [-0.2, -0.15) is 0 Å². The zero-order valence-corrected chi connectivity index (χ0v) is 29.4. The maximum atomic E-state index is 6.49. The van der Waals surface area contributed by atoms with Gasteiger partial charge in [0.25, 0.3) is 0 Å². The SMILES string of the molecule is CCCCCCOc1cc2c3ccccc3c3cc(OCCCCCC)c(OCCCCCC)cc3c2cc1OCCCCCC. The summed E-state index contributed by atoms with van der Waals surface area (Å²) in [6.07, 6.45) is 18.8. The van der Waals surface area contributed by atoms with E-state index in [0.29, 0.717) is 26.4 Å². The van der Waals surface area contributed by atoms with Crippen LogP contribution >= 0.6 is 0 Å². The summed E-state index contributed by atoms with van der Waals surface area (Å²) in [5, 5.41) is 7.15. The fourth-order valence-electron chi connectivity index (χ4n) is 6.26. The molecule has 0 fully saturated rings. The first-order chi connectivity index (χ1) is 22.7. The minimum absolute atomic E-state index is 0.700. The lowest BCUT2D eigenvalue weighted by atomic mass is 9.93. The minimum atomic E-state index is 0.700. The first-order valence-electron chi connectivity index (χ1n) is 18.7. The van der Waals surface area contributed by atoms with Gasteiger partial charge in [0.2, 0.25) is 0 Å². The molecule has 0 atom stereocenters. The molecule has 0 radical (unpaired) electrons. The number of rotatable bonds is 24. The summed E-state index contributed by atoms with van der Waals surface area (Å²) < 4.78 is 25.9. The van der Waals surface area contributed by atoms with Gasteiger partial charge in [-0.1, -0.05) is 129 Å². The Kier molecular flexibility index (Phi) is 15.7. The summed E-state index contributed by atoms with van der Waals surface area (Å²) in [6.45, 7) is 11.8. The molecule has 0 amide bonds. The highest BCUT2D eigenvalue weighted by atomic mass is 16.5. The Hall–Kier alpha value is -3.14. The van der Waals surface area contributed by atoms with E-state index in [2.05, 4.69) is 76.2 Å². The molecule has 0 aliphatic heterocycles. The molecule has 4 nitrogen and oxygen atoms in total. The molecule has 0 unspecified atom stereocenters. The predicted molar refractivity (Wildman–Crippen MR) is 198 cm³/mol. The quantitative estimate of drug-likeness (QED) is 0.0571. The molecular formula is C42H60O4. The van der Waals surface area contributed by atoms with Crippen LogP contribution in [0.3, 0.4) is 0 Å². The van der Waals surface area contributed by atoms with Crippen LogP contribution in [0.5, 0.6) is 23.0 Å². The van der Waals surface area contributed by atoms with E-state index in [0.717, 1.165) is 48.7 Å². The maximum Gasteiger partial charge on any atom is 0.161 e. The van der Waals surface area contributed by atoms with Gasteiger partial charge >= 0.3 is 0 Å². The normalized spacial score (nSPS) is 11.5. The third-order valence-electron chi connectivity index (χ3n) is 8.99. The van der Waals surface area contributed by atoms with Crippen LogP contribution < -0.4 is 18.9 Å². The number of hydrogen-bond acceptors (Lipinski definition) is 4. The molecule has 4 aromatic carbocycles. The summed E-state index contributed by atoms with van der Waals surface area (Å²) in [4.78, 5) is 0. The van der Waals surface area contributed by atoms with Crippen molar-refractivity contribution < 1.29 is 18.9 Å². The molecule has 0 aliphatic carbocycles. The predicted octanol–water partition coefficient (Wildman–Crippen LogP) is 13.0. The molecule has 252 valence electrons. The molecular weight excluding hydrogens is 568 g/mol. The van der Waals surface area contributed by atoms with Crippen LogP contribution in [-0.2, 0) is 0 Å². The Labute approximate surface area is 279 Å². The second kappa shape index (κ2) is 20.2. The number of benzene rings is 4. The standard InChI is InChI=1S/C42H60O4/c1-5-9-13-19-25-43-39-29-35-33-23-17-18-24-34(33)36-30-40(44-26-20-14-10-6-2)42(46-28-22-16-12-8-4)32-38(36)37(35)31-41(39)45-27-21-15-11-7-3/h17-18,23-24,29-32H,5-16,19-22,25-28H2,1-4H3.